The Morgan fingerprint density at radius 2 is 2.00 bits per heavy atom. The van der Waals surface area contributed by atoms with E-state index in [9.17, 15) is 9.59 Å². The van der Waals surface area contributed by atoms with Gasteiger partial charge in [-0.25, -0.2) is 14.6 Å². The highest BCUT2D eigenvalue weighted by Gasteiger charge is 2.14. The van der Waals surface area contributed by atoms with E-state index in [1.54, 1.807) is 18.0 Å². The van der Waals surface area contributed by atoms with E-state index in [1.807, 2.05) is 0 Å². The first kappa shape index (κ1) is 14.3. The van der Waals surface area contributed by atoms with Crippen LogP contribution in [0.2, 0.25) is 0 Å². The molecule has 0 aromatic heterocycles. The summed E-state index contributed by atoms with van der Waals surface area (Å²) in [4.78, 5) is 22.7. The predicted molar refractivity (Wildman–Crippen MR) is 72.7 cm³/mol. The molecular formula is C13H17N3O4. The number of morpholine rings is 1. The number of hydrazine groups is 1. The molecule has 1 aromatic carbocycles. The van der Waals surface area contributed by atoms with E-state index in [0.29, 0.717) is 37.6 Å². The van der Waals surface area contributed by atoms with Crippen LogP contribution in [0.5, 0.6) is 0 Å². The van der Waals surface area contributed by atoms with Crippen molar-refractivity contribution in [3.63, 3.8) is 0 Å². The zero-order chi connectivity index (χ0) is 14.5. The van der Waals surface area contributed by atoms with Crippen molar-refractivity contribution in [2.24, 2.45) is 0 Å². The van der Waals surface area contributed by atoms with Gasteiger partial charge in [0.05, 0.1) is 18.8 Å². The van der Waals surface area contributed by atoms with Crippen LogP contribution in [0, 0.1) is 6.92 Å². The Morgan fingerprint density at radius 1 is 1.30 bits per heavy atom. The molecule has 0 radical (unpaired) electrons. The monoisotopic (exact) mass is 279 g/mol. The number of aryl methyl sites for hydroxylation is 1. The third kappa shape index (κ3) is 3.69. The van der Waals surface area contributed by atoms with Crippen molar-refractivity contribution in [3.05, 3.63) is 29.3 Å². The van der Waals surface area contributed by atoms with Crippen LogP contribution in [0.15, 0.2) is 18.2 Å². The first-order valence-electron chi connectivity index (χ1n) is 6.30. The molecule has 1 aliphatic rings. The summed E-state index contributed by atoms with van der Waals surface area (Å²) in [5.41, 5.74) is 4.20. The summed E-state index contributed by atoms with van der Waals surface area (Å²) in [7, 11) is 0. The molecule has 1 fully saturated rings. The van der Waals surface area contributed by atoms with Crippen LogP contribution in [0.25, 0.3) is 0 Å². The van der Waals surface area contributed by atoms with Crippen LogP contribution in [-0.2, 0) is 4.74 Å². The minimum absolute atomic E-state index is 0.196. The van der Waals surface area contributed by atoms with Crippen molar-refractivity contribution in [2.75, 3.05) is 31.6 Å². The van der Waals surface area contributed by atoms with Gasteiger partial charge < -0.3 is 15.2 Å². The maximum absolute atomic E-state index is 11.8. The van der Waals surface area contributed by atoms with Crippen molar-refractivity contribution in [1.29, 1.82) is 0 Å². The topological polar surface area (TPSA) is 90.9 Å². The number of aromatic carboxylic acids is 1. The van der Waals surface area contributed by atoms with Gasteiger partial charge in [-0.3, -0.25) is 5.43 Å². The van der Waals surface area contributed by atoms with Gasteiger partial charge in [0.2, 0.25) is 0 Å². The second-order valence-corrected chi connectivity index (χ2v) is 4.50. The number of hydrogen-bond donors (Lipinski definition) is 3. The average molecular weight is 279 g/mol. The molecule has 7 nitrogen and oxygen atoms in total. The maximum atomic E-state index is 11.8. The second-order valence-electron chi connectivity index (χ2n) is 4.50. The smallest absolute Gasteiger partial charge is 0.335 e. The Morgan fingerprint density at radius 3 is 2.60 bits per heavy atom. The largest absolute Gasteiger partial charge is 0.478 e. The van der Waals surface area contributed by atoms with Gasteiger partial charge in [0.25, 0.3) is 0 Å². The average Bonchev–Trinajstić information content (AvgIpc) is 2.42. The third-order valence-electron chi connectivity index (χ3n) is 2.99. The second kappa shape index (κ2) is 6.36. The molecule has 3 N–H and O–H groups in total. The van der Waals surface area contributed by atoms with E-state index < -0.39 is 5.97 Å². The highest BCUT2D eigenvalue weighted by Crippen LogP contribution is 2.16. The van der Waals surface area contributed by atoms with Crippen LogP contribution < -0.4 is 10.7 Å². The Hall–Kier alpha value is -2.12. The van der Waals surface area contributed by atoms with Crippen molar-refractivity contribution in [1.82, 2.24) is 10.4 Å². The predicted octanol–water partition coefficient (Wildman–Crippen LogP) is 1.06. The number of nitrogens with one attached hydrogen (secondary N) is 2. The van der Waals surface area contributed by atoms with Crippen LogP contribution in [-0.4, -0.2) is 48.4 Å². The number of rotatable bonds is 3. The summed E-state index contributed by atoms with van der Waals surface area (Å²) < 4.78 is 5.19. The Balaban J connectivity index is 1.95. The first-order chi connectivity index (χ1) is 9.56. The molecule has 0 bridgehead atoms. The van der Waals surface area contributed by atoms with E-state index in [1.165, 1.54) is 12.1 Å². The number of nitrogens with zero attached hydrogens (tertiary/aromatic N) is 1. The van der Waals surface area contributed by atoms with Crippen LogP contribution in [0.4, 0.5) is 10.5 Å². The lowest BCUT2D eigenvalue weighted by molar-refractivity contribution is 0.0207. The SMILES string of the molecule is Cc1cc(C(=O)O)ccc1NC(=O)NN1CCOCC1. The number of urea groups is 1. The zero-order valence-corrected chi connectivity index (χ0v) is 11.2. The Kier molecular flexibility index (Phi) is 4.54. The van der Waals surface area contributed by atoms with E-state index in [4.69, 9.17) is 9.84 Å². The number of ether oxygens (including phenoxy) is 1. The number of carboxylic acid groups (broad SMARTS) is 1. The molecule has 1 heterocycles. The zero-order valence-electron chi connectivity index (χ0n) is 11.2. The fraction of sp³-hybridized carbons (Fsp3) is 0.385. The lowest BCUT2D eigenvalue weighted by atomic mass is 10.1. The molecule has 2 rings (SSSR count). The van der Waals surface area contributed by atoms with Crippen LogP contribution >= 0.6 is 0 Å². The summed E-state index contributed by atoms with van der Waals surface area (Å²) in [6.07, 6.45) is 0. The van der Waals surface area contributed by atoms with Crippen molar-refractivity contribution >= 4 is 17.7 Å². The van der Waals surface area contributed by atoms with E-state index in [0.717, 1.165) is 0 Å². The van der Waals surface area contributed by atoms with Gasteiger partial charge >= 0.3 is 12.0 Å². The lowest BCUT2D eigenvalue weighted by Crippen LogP contribution is -2.49. The molecule has 108 valence electrons. The number of hydrogen-bond acceptors (Lipinski definition) is 4. The normalized spacial score (nSPS) is 15.7. The summed E-state index contributed by atoms with van der Waals surface area (Å²) in [6, 6.07) is 4.21. The minimum atomic E-state index is -0.989. The first-order valence-corrected chi connectivity index (χ1v) is 6.30. The summed E-state index contributed by atoms with van der Waals surface area (Å²) in [5, 5.41) is 13.4. The maximum Gasteiger partial charge on any atom is 0.335 e. The summed E-state index contributed by atoms with van der Waals surface area (Å²) in [6.45, 7) is 4.21. The number of amides is 2. The lowest BCUT2D eigenvalue weighted by Gasteiger charge is -2.27. The Labute approximate surface area is 116 Å². The van der Waals surface area contributed by atoms with Gasteiger partial charge in [0.1, 0.15) is 0 Å². The highest BCUT2D eigenvalue weighted by molar-refractivity contribution is 5.92. The van der Waals surface area contributed by atoms with Gasteiger partial charge in [0, 0.05) is 18.8 Å². The highest BCUT2D eigenvalue weighted by atomic mass is 16.5. The van der Waals surface area contributed by atoms with Gasteiger partial charge in [-0.05, 0) is 30.7 Å². The third-order valence-corrected chi connectivity index (χ3v) is 2.99. The van der Waals surface area contributed by atoms with Gasteiger partial charge in [-0.15, -0.1) is 0 Å². The molecule has 1 aliphatic heterocycles. The fourth-order valence-corrected chi connectivity index (χ4v) is 1.91. The molecular weight excluding hydrogens is 262 g/mol. The standard InChI is InChI=1S/C13H17N3O4/c1-9-8-10(12(17)18)2-3-11(9)14-13(19)15-16-4-6-20-7-5-16/h2-3,8H,4-7H2,1H3,(H,17,18)(H2,14,15,19). The molecule has 0 atom stereocenters. The van der Waals surface area contributed by atoms with Gasteiger partial charge in [-0.2, -0.15) is 0 Å². The van der Waals surface area contributed by atoms with Crippen LogP contribution in [0.3, 0.4) is 0 Å². The van der Waals surface area contributed by atoms with Gasteiger partial charge in [-0.1, -0.05) is 0 Å². The van der Waals surface area contributed by atoms with E-state index >= 15 is 0 Å². The molecule has 0 spiro atoms. The number of benzene rings is 1. The number of anilines is 1. The summed E-state index contributed by atoms with van der Waals surface area (Å²) in [5.74, 6) is -0.989. The van der Waals surface area contributed by atoms with E-state index in [2.05, 4.69) is 10.7 Å². The molecule has 0 saturated carbocycles. The quantitative estimate of drug-likeness (QED) is 0.769. The molecule has 0 aliphatic carbocycles. The fourth-order valence-electron chi connectivity index (χ4n) is 1.91. The minimum Gasteiger partial charge on any atom is -0.478 e. The summed E-state index contributed by atoms with van der Waals surface area (Å²) >= 11 is 0. The van der Waals surface area contributed by atoms with Gasteiger partial charge in [0.15, 0.2) is 0 Å². The number of carboxylic acids is 1. The van der Waals surface area contributed by atoms with E-state index in [-0.39, 0.29) is 11.6 Å². The van der Waals surface area contributed by atoms with Crippen molar-refractivity contribution in [2.45, 2.75) is 6.92 Å². The molecule has 1 saturated heterocycles. The molecule has 0 unspecified atom stereocenters. The van der Waals surface area contributed by atoms with Crippen molar-refractivity contribution in [3.8, 4) is 0 Å². The van der Waals surface area contributed by atoms with Crippen LogP contribution in [0.1, 0.15) is 15.9 Å². The molecule has 20 heavy (non-hydrogen) atoms. The molecule has 7 heteroatoms. The molecule has 1 aromatic rings. The van der Waals surface area contributed by atoms with Crippen molar-refractivity contribution < 1.29 is 19.4 Å². The number of carbonyl (C=O) groups is 2. The molecule has 2 amide bonds. The number of carbonyl (C=O) groups excluding carboxylic acids is 1. The Bertz CT molecular complexity index is 512.